The standard InChI is InChI=1S/C15H16FNO/c1-11-3-4-12(9-15(11)16)10-17-13-5-7-14(18-2)8-6-13/h3-9,17H,10H2,1-2H3. The van der Waals surface area contributed by atoms with Gasteiger partial charge in [0.2, 0.25) is 0 Å². The van der Waals surface area contributed by atoms with E-state index in [-0.39, 0.29) is 5.82 Å². The number of rotatable bonds is 4. The molecule has 0 aromatic heterocycles. The first-order valence-corrected chi connectivity index (χ1v) is 5.82. The highest BCUT2D eigenvalue weighted by Crippen LogP contribution is 2.16. The summed E-state index contributed by atoms with van der Waals surface area (Å²) in [5.41, 5.74) is 2.58. The van der Waals surface area contributed by atoms with Crippen molar-refractivity contribution in [3.8, 4) is 5.75 Å². The second-order valence-electron chi connectivity index (χ2n) is 4.17. The van der Waals surface area contributed by atoms with Crippen molar-refractivity contribution in [3.63, 3.8) is 0 Å². The summed E-state index contributed by atoms with van der Waals surface area (Å²) >= 11 is 0. The van der Waals surface area contributed by atoms with Crippen LogP contribution >= 0.6 is 0 Å². The van der Waals surface area contributed by atoms with Crippen LogP contribution in [-0.4, -0.2) is 7.11 Å². The van der Waals surface area contributed by atoms with Crippen molar-refractivity contribution < 1.29 is 9.13 Å². The molecule has 18 heavy (non-hydrogen) atoms. The van der Waals surface area contributed by atoms with Crippen LogP contribution in [0, 0.1) is 12.7 Å². The molecule has 0 heterocycles. The van der Waals surface area contributed by atoms with Crippen LogP contribution in [-0.2, 0) is 6.54 Å². The van der Waals surface area contributed by atoms with E-state index in [2.05, 4.69) is 5.32 Å². The Morgan fingerprint density at radius 2 is 1.83 bits per heavy atom. The van der Waals surface area contributed by atoms with Crippen LogP contribution in [0.4, 0.5) is 10.1 Å². The lowest BCUT2D eigenvalue weighted by Crippen LogP contribution is -2.00. The van der Waals surface area contributed by atoms with Gasteiger partial charge >= 0.3 is 0 Å². The van der Waals surface area contributed by atoms with Crippen molar-refractivity contribution in [2.45, 2.75) is 13.5 Å². The molecule has 0 radical (unpaired) electrons. The highest BCUT2D eigenvalue weighted by molar-refractivity contribution is 5.46. The molecule has 0 aliphatic rings. The second-order valence-corrected chi connectivity index (χ2v) is 4.17. The van der Waals surface area contributed by atoms with Crippen LogP contribution in [0.15, 0.2) is 42.5 Å². The zero-order valence-electron chi connectivity index (χ0n) is 10.5. The molecule has 0 unspecified atom stereocenters. The number of ether oxygens (including phenoxy) is 1. The van der Waals surface area contributed by atoms with Gasteiger partial charge in [-0.2, -0.15) is 0 Å². The third kappa shape index (κ3) is 3.00. The predicted octanol–water partition coefficient (Wildman–Crippen LogP) is 3.75. The van der Waals surface area contributed by atoms with Gasteiger partial charge in [0.1, 0.15) is 11.6 Å². The number of halogens is 1. The molecule has 94 valence electrons. The molecule has 0 spiro atoms. The zero-order chi connectivity index (χ0) is 13.0. The van der Waals surface area contributed by atoms with Crippen molar-refractivity contribution in [2.75, 3.05) is 12.4 Å². The maximum Gasteiger partial charge on any atom is 0.126 e. The molecule has 1 N–H and O–H groups in total. The molecule has 0 saturated heterocycles. The van der Waals surface area contributed by atoms with Gasteiger partial charge in [-0.25, -0.2) is 4.39 Å². The first-order valence-electron chi connectivity index (χ1n) is 5.82. The van der Waals surface area contributed by atoms with Gasteiger partial charge in [0.05, 0.1) is 7.11 Å². The topological polar surface area (TPSA) is 21.3 Å². The smallest absolute Gasteiger partial charge is 0.126 e. The molecule has 2 nitrogen and oxygen atoms in total. The van der Waals surface area contributed by atoms with Gasteiger partial charge in [0.25, 0.3) is 0 Å². The van der Waals surface area contributed by atoms with Gasteiger partial charge in [0, 0.05) is 12.2 Å². The van der Waals surface area contributed by atoms with Crippen molar-refractivity contribution >= 4 is 5.69 Å². The van der Waals surface area contributed by atoms with E-state index >= 15 is 0 Å². The average molecular weight is 245 g/mol. The van der Waals surface area contributed by atoms with E-state index in [0.29, 0.717) is 12.1 Å². The Labute approximate surface area is 106 Å². The quantitative estimate of drug-likeness (QED) is 0.885. The van der Waals surface area contributed by atoms with Gasteiger partial charge in [-0.3, -0.25) is 0 Å². The van der Waals surface area contributed by atoms with Crippen molar-refractivity contribution in [2.24, 2.45) is 0 Å². The Balaban J connectivity index is 1.99. The summed E-state index contributed by atoms with van der Waals surface area (Å²) in [6, 6.07) is 12.9. The summed E-state index contributed by atoms with van der Waals surface area (Å²) in [6.45, 7) is 2.36. The van der Waals surface area contributed by atoms with Crippen LogP contribution in [0.2, 0.25) is 0 Å². The molecule has 3 heteroatoms. The fourth-order valence-electron chi connectivity index (χ4n) is 1.66. The normalized spacial score (nSPS) is 10.2. The number of hydrogen-bond donors (Lipinski definition) is 1. The van der Waals surface area contributed by atoms with Crippen LogP contribution in [0.25, 0.3) is 0 Å². The highest BCUT2D eigenvalue weighted by atomic mass is 19.1. The number of nitrogens with one attached hydrogen (secondary N) is 1. The van der Waals surface area contributed by atoms with Crippen LogP contribution < -0.4 is 10.1 Å². The number of anilines is 1. The third-order valence-electron chi connectivity index (χ3n) is 2.82. The van der Waals surface area contributed by atoms with E-state index in [1.54, 1.807) is 26.2 Å². The fourth-order valence-corrected chi connectivity index (χ4v) is 1.66. The summed E-state index contributed by atoms with van der Waals surface area (Å²) < 4.78 is 18.4. The summed E-state index contributed by atoms with van der Waals surface area (Å²) in [7, 11) is 1.64. The molecular formula is C15H16FNO. The summed E-state index contributed by atoms with van der Waals surface area (Å²) in [5, 5.41) is 3.24. The summed E-state index contributed by atoms with van der Waals surface area (Å²) in [6.07, 6.45) is 0. The second kappa shape index (κ2) is 5.54. The number of hydrogen-bond acceptors (Lipinski definition) is 2. The average Bonchev–Trinajstić information content (AvgIpc) is 2.41. The summed E-state index contributed by atoms with van der Waals surface area (Å²) in [4.78, 5) is 0. The predicted molar refractivity (Wildman–Crippen MR) is 71.5 cm³/mol. The maximum atomic E-state index is 13.4. The van der Waals surface area contributed by atoms with Crippen molar-refractivity contribution in [1.29, 1.82) is 0 Å². The Bertz CT molecular complexity index is 523. The van der Waals surface area contributed by atoms with Crippen LogP contribution in [0.3, 0.4) is 0 Å². The minimum Gasteiger partial charge on any atom is -0.497 e. The van der Waals surface area contributed by atoms with Gasteiger partial charge in [-0.15, -0.1) is 0 Å². The molecule has 0 fully saturated rings. The zero-order valence-corrected chi connectivity index (χ0v) is 10.5. The molecule has 2 aromatic carbocycles. The van der Waals surface area contributed by atoms with Crippen LogP contribution in [0.1, 0.15) is 11.1 Å². The molecule has 0 aliphatic carbocycles. The lowest BCUT2D eigenvalue weighted by atomic mass is 10.1. The molecule has 0 atom stereocenters. The van der Waals surface area contributed by atoms with E-state index in [4.69, 9.17) is 4.74 Å². The molecule has 0 bridgehead atoms. The van der Waals surface area contributed by atoms with Gasteiger partial charge < -0.3 is 10.1 Å². The molecular weight excluding hydrogens is 229 g/mol. The van der Waals surface area contributed by atoms with Gasteiger partial charge in [0.15, 0.2) is 0 Å². The molecule has 2 rings (SSSR count). The SMILES string of the molecule is COc1ccc(NCc2ccc(C)c(F)c2)cc1. The van der Waals surface area contributed by atoms with Crippen molar-refractivity contribution in [1.82, 2.24) is 0 Å². The summed E-state index contributed by atoms with van der Waals surface area (Å²) in [5.74, 6) is 0.658. The molecule has 2 aromatic rings. The Morgan fingerprint density at radius 3 is 2.44 bits per heavy atom. The minimum absolute atomic E-state index is 0.163. The Morgan fingerprint density at radius 1 is 1.11 bits per heavy atom. The Kier molecular flexibility index (Phi) is 3.82. The van der Waals surface area contributed by atoms with E-state index in [9.17, 15) is 4.39 Å². The first kappa shape index (κ1) is 12.4. The van der Waals surface area contributed by atoms with E-state index in [1.807, 2.05) is 30.3 Å². The number of benzene rings is 2. The third-order valence-corrected chi connectivity index (χ3v) is 2.82. The van der Waals surface area contributed by atoms with Gasteiger partial charge in [-0.05, 0) is 48.4 Å². The van der Waals surface area contributed by atoms with E-state index in [0.717, 1.165) is 17.0 Å². The monoisotopic (exact) mass is 245 g/mol. The maximum absolute atomic E-state index is 13.4. The van der Waals surface area contributed by atoms with Crippen LogP contribution in [0.5, 0.6) is 5.75 Å². The fraction of sp³-hybridized carbons (Fsp3) is 0.200. The lowest BCUT2D eigenvalue weighted by Gasteiger charge is -2.08. The highest BCUT2D eigenvalue weighted by Gasteiger charge is 1.99. The van der Waals surface area contributed by atoms with E-state index in [1.165, 1.54) is 0 Å². The van der Waals surface area contributed by atoms with E-state index < -0.39 is 0 Å². The Hall–Kier alpha value is -2.03. The lowest BCUT2D eigenvalue weighted by molar-refractivity contribution is 0.415. The van der Waals surface area contributed by atoms with Gasteiger partial charge in [-0.1, -0.05) is 12.1 Å². The largest absolute Gasteiger partial charge is 0.497 e. The molecule has 0 saturated carbocycles. The number of aryl methyl sites for hydroxylation is 1. The number of methoxy groups -OCH3 is 1. The first-order chi connectivity index (χ1) is 8.69. The molecule has 0 aliphatic heterocycles. The minimum atomic E-state index is -0.163. The van der Waals surface area contributed by atoms with Crippen molar-refractivity contribution in [3.05, 3.63) is 59.4 Å². The molecule has 0 amide bonds.